The number of rotatable bonds is 7. The summed E-state index contributed by atoms with van der Waals surface area (Å²) in [6.45, 7) is 8.02. The van der Waals surface area contributed by atoms with Crippen LogP contribution in [0.1, 0.15) is 29.5 Å². The molecule has 3 aromatic carbocycles. The average molecular weight is 385 g/mol. The number of aryl methyl sites for hydroxylation is 3. The number of hydrogen-bond donors (Lipinski definition) is 0. The average Bonchev–Trinajstić information content (AvgIpc) is 3.10. The molecule has 0 N–H and O–H groups in total. The smallest absolute Gasteiger partial charge is 0.141 e. The van der Waals surface area contributed by atoms with Gasteiger partial charge in [-0.2, -0.15) is 0 Å². The van der Waals surface area contributed by atoms with Crippen LogP contribution >= 0.6 is 0 Å². The van der Waals surface area contributed by atoms with Gasteiger partial charge in [0.2, 0.25) is 0 Å². The molecule has 0 fully saturated rings. The number of para-hydroxylation sites is 2. The Labute approximate surface area is 173 Å². The molecule has 0 saturated carbocycles. The van der Waals surface area contributed by atoms with Gasteiger partial charge in [0, 0.05) is 12.1 Å². The van der Waals surface area contributed by atoms with E-state index in [9.17, 15) is 0 Å². The van der Waals surface area contributed by atoms with Crippen LogP contribution in [0.5, 0.6) is 5.75 Å². The lowest BCUT2D eigenvalue weighted by atomic mass is 10.1. The second-order valence-electron chi connectivity index (χ2n) is 7.70. The van der Waals surface area contributed by atoms with E-state index in [2.05, 4.69) is 92.1 Å². The van der Waals surface area contributed by atoms with Gasteiger partial charge in [-0.1, -0.05) is 54.1 Å². The van der Waals surface area contributed by atoms with Gasteiger partial charge in [0.25, 0.3) is 0 Å². The fourth-order valence-electron chi connectivity index (χ4n) is 3.66. The molecular formula is C26H28N2O. The molecule has 0 unspecified atom stereocenters. The van der Waals surface area contributed by atoms with Crippen molar-refractivity contribution < 1.29 is 4.74 Å². The molecule has 0 aliphatic carbocycles. The van der Waals surface area contributed by atoms with Crippen molar-refractivity contribution in [2.45, 2.75) is 40.2 Å². The second-order valence-corrected chi connectivity index (χ2v) is 7.70. The van der Waals surface area contributed by atoms with Crippen LogP contribution in [0.25, 0.3) is 22.4 Å². The van der Waals surface area contributed by atoms with Gasteiger partial charge < -0.3 is 9.30 Å². The molecule has 0 radical (unpaired) electrons. The first-order valence-electron chi connectivity index (χ1n) is 10.3. The standard InChI is InChI=1S/C26H28N2O/c1-19-13-15-22(16-14-19)26-27-23-10-4-5-11-24(23)28(26)17-6-7-18-29-25-12-8-9-20(2)21(25)3/h4-5,8-16H,6-7,17-18H2,1-3H3. The highest BCUT2D eigenvalue weighted by Crippen LogP contribution is 2.26. The molecule has 4 rings (SSSR count). The molecule has 3 nitrogen and oxygen atoms in total. The molecular weight excluding hydrogens is 356 g/mol. The monoisotopic (exact) mass is 384 g/mol. The molecule has 4 aromatic rings. The Balaban J connectivity index is 1.46. The van der Waals surface area contributed by atoms with Crippen molar-refractivity contribution in [1.29, 1.82) is 0 Å². The number of hydrogen-bond acceptors (Lipinski definition) is 2. The van der Waals surface area contributed by atoms with E-state index in [-0.39, 0.29) is 0 Å². The zero-order chi connectivity index (χ0) is 20.2. The molecule has 29 heavy (non-hydrogen) atoms. The summed E-state index contributed by atoms with van der Waals surface area (Å²) in [5.41, 5.74) is 7.18. The minimum absolute atomic E-state index is 0.733. The van der Waals surface area contributed by atoms with Crippen LogP contribution in [0.15, 0.2) is 66.7 Å². The molecule has 0 spiro atoms. The van der Waals surface area contributed by atoms with E-state index in [4.69, 9.17) is 9.72 Å². The van der Waals surface area contributed by atoms with E-state index in [1.54, 1.807) is 0 Å². The van der Waals surface area contributed by atoms with Crippen LogP contribution in [0, 0.1) is 20.8 Å². The maximum Gasteiger partial charge on any atom is 0.141 e. The molecule has 0 bridgehead atoms. The summed E-state index contributed by atoms with van der Waals surface area (Å²) in [4.78, 5) is 4.91. The highest BCUT2D eigenvalue weighted by molar-refractivity contribution is 5.80. The SMILES string of the molecule is Cc1ccc(-c2nc3ccccc3n2CCCCOc2cccc(C)c2C)cc1. The van der Waals surface area contributed by atoms with Crippen LogP contribution in [0.4, 0.5) is 0 Å². The van der Waals surface area contributed by atoms with Crippen molar-refractivity contribution >= 4 is 11.0 Å². The quantitative estimate of drug-likeness (QED) is 0.341. The Morgan fingerprint density at radius 3 is 2.45 bits per heavy atom. The fraction of sp³-hybridized carbons (Fsp3) is 0.269. The lowest BCUT2D eigenvalue weighted by Crippen LogP contribution is -2.04. The predicted octanol–water partition coefficient (Wildman–Crippen LogP) is 6.49. The van der Waals surface area contributed by atoms with Gasteiger partial charge in [0.05, 0.1) is 17.6 Å². The van der Waals surface area contributed by atoms with Crippen LogP contribution in [0.2, 0.25) is 0 Å². The van der Waals surface area contributed by atoms with Crippen LogP contribution in [-0.2, 0) is 6.54 Å². The maximum atomic E-state index is 6.03. The van der Waals surface area contributed by atoms with Gasteiger partial charge >= 0.3 is 0 Å². The van der Waals surface area contributed by atoms with Crippen LogP contribution < -0.4 is 4.74 Å². The summed E-state index contributed by atoms with van der Waals surface area (Å²) in [6.07, 6.45) is 2.05. The number of fused-ring (bicyclic) bond motifs is 1. The first kappa shape index (κ1) is 19.3. The summed E-state index contributed by atoms with van der Waals surface area (Å²) in [6, 6.07) is 23.3. The molecule has 148 valence electrons. The Morgan fingerprint density at radius 1 is 0.828 bits per heavy atom. The highest BCUT2D eigenvalue weighted by atomic mass is 16.5. The van der Waals surface area contributed by atoms with E-state index >= 15 is 0 Å². The van der Waals surface area contributed by atoms with Crippen molar-refractivity contribution in [2.75, 3.05) is 6.61 Å². The largest absolute Gasteiger partial charge is 0.493 e. The van der Waals surface area contributed by atoms with Crippen LogP contribution in [0.3, 0.4) is 0 Å². The molecule has 0 amide bonds. The van der Waals surface area contributed by atoms with Crippen molar-refractivity contribution in [3.05, 3.63) is 83.4 Å². The summed E-state index contributed by atoms with van der Waals surface area (Å²) in [5, 5.41) is 0. The number of nitrogens with zero attached hydrogens (tertiary/aromatic N) is 2. The Hall–Kier alpha value is -3.07. The molecule has 1 aromatic heterocycles. The van der Waals surface area contributed by atoms with Crippen molar-refractivity contribution in [3.63, 3.8) is 0 Å². The van der Waals surface area contributed by atoms with Gasteiger partial charge in [0.15, 0.2) is 0 Å². The van der Waals surface area contributed by atoms with Crippen LogP contribution in [-0.4, -0.2) is 16.2 Å². The predicted molar refractivity (Wildman–Crippen MR) is 121 cm³/mol. The first-order valence-corrected chi connectivity index (χ1v) is 10.3. The molecule has 0 aliphatic heterocycles. The van der Waals surface area contributed by atoms with E-state index < -0.39 is 0 Å². The topological polar surface area (TPSA) is 27.1 Å². The summed E-state index contributed by atoms with van der Waals surface area (Å²) in [5.74, 6) is 2.04. The van der Waals surface area contributed by atoms with E-state index in [0.717, 1.165) is 43.1 Å². The number of ether oxygens (including phenoxy) is 1. The molecule has 0 aliphatic rings. The zero-order valence-corrected chi connectivity index (χ0v) is 17.5. The number of imidazole rings is 1. The fourth-order valence-corrected chi connectivity index (χ4v) is 3.66. The Bertz CT molecular complexity index is 1110. The van der Waals surface area contributed by atoms with E-state index in [0.29, 0.717) is 0 Å². The lowest BCUT2D eigenvalue weighted by Gasteiger charge is -2.12. The third kappa shape index (κ3) is 4.19. The normalized spacial score (nSPS) is 11.1. The minimum Gasteiger partial charge on any atom is -0.493 e. The van der Waals surface area contributed by atoms with E-state index in [1.165, 1.54) is 27.8 Å². The van der Waals surface area contributed by atoms with Gasteiger partial charge in [-0.15, -0.1) is 0 Å². The highest BCUT2D eigenvalue weighted by Gasteiger charge is 2.12. The van der Waals surface area contributed by atoms with Crippen molar-refractivity contribution in [3.8, 4) is 17.1 Å². The summed E-state index contributed by atoms with van der Waals surface area (Å²) >= 11 is 0. The summed E-state index contributed by atoms with van der Waals surface area (Å²) in [7, 11) is 0. The third-order valence-electron chi connectivity index (χ3n) is 5.55. The van der Waals surface area contributed by atoms with Crippen molar-refractivity contribution in [1.82, 2.24) is 9.55 Å². The van der Waals surface area contributed by atoms with Gasteiger partial charge in [-0.05, 0) is 62.9 Å². The number of benzene rings is 3. The summed E-state index contributed by atoms with van der Waals surface area (Å²) < 4.78 is 8.37. The maximum absolute atomic E-state index is 6.03. The second kappa shape index (κ2) is 8.52. The molecule has 3 heteroatoms. The third-order valence-corrected chi connectivity index (χ3v) is 5.55. The zero-order valence-electron chi connectivity index (χ0n) is 17.5. The number of unbranched alkanes of at least 4 members (excludes halogenated alkanes) is 1. The van der Waals surface area contributed by atoms with Crippen molar-refractivity contribution in [2.24, 2.45) is 0 Å². The Kier molecular flexibility index (Phi) is 5.66. The molecule has 0 saturated heterocycles. The molecule has 1 heterocycles. The van der Waals surface area contributed by atoms with Gasteiger partial charge in [0.1, 0.15) is 11.6 Å². The number of aromatic nitrogens is 2. The minimum atomic E-state index is 0.733. The lowest BCUT2D eigenvalue weighted by molar-refractivity contribution is 0.301. The van der Waals surface area contributed by atoms with Gasteiger partial charge in [-0.25, -0.2) is 4.98 Å². The molecule has 0 atom stereocenters. The first-order chi connectivity index (χ1) is 14.1. The van der Waals surface area contributed by atoms with Gasteiger partial charge in [-0.3, -0.25) is 0 Å². The van der Waals surface area contributed by atoms with E-state index in [1.807, 2.05) is 0 Å². The Morgan fingerprint density at radius 2 is 1.62 bits per heavy atom.